The van der Waals surface area contributed by atoms with E-state index in [4.69, 9.17) is 0 Å². The van der Waals surface area contributed by atoms with Crippen LogP contribution in [0.15, 0.2) is 48.5 Å². The van der Waals surface area contributed by atoms with Gasteiger partial charge >= 0.3 is 0 Å². The molecule has 1 N–H and O–H groups in total. The molecule has 2 aromatic carbocycles. The maximum Gasteiger partial charge on any atom is 0.262 e. The van der Waals surface area contributed by atoms with Gasteiger partial charge < -0.3 is 5.32 Å². The summed E-state index contributed by atoms with van der Waals surface area (Å²) < 4.78 is 0.957. The summed E-state index contributed by atoms with van der Waals surface area (Å²) >= 11 is 1.36. The molecule has 3 amide bonds. The predicted molar refractivity (Wildman–Crippen MR) is 108 cm³/mol. The summed E-state index contributed by atoms with van der Waals surface area (Å²) in [6.45, 7) is 3.80. The van der Waals surface area contributed by atoms with Crippen molar-refractivity contribution in [1.29, 1.82) is 0 Å². The molecule has 0 saturated carbocycles. The Kier molecular flexibility index (Phi) is 4.68. The van der Waals surface area contributed by atoms with E-state index in [0.717, 1.165) is 15.1 Å². The summed E-state index contributed by atoms with van der Waals surface area (Å²) in [6, 6.07) is 13.4. The molecule has 0 saturated heterocycles. The number of rotatable bonds is 5. The standard InChI is InChI=1S/C21H19N3O3S/c1-3-12(2)17(24-19(26)13-8-4-5-9-14(13)20(24)27)18(25)23-21-22-15-10-6-7-11-16(15)28-21/h4-12,17H,3H2,1-2H3,(H,22,23,25)/t12-,17+/m1/s1. The zero-order chi connectivity index (χ0) is 19.8. The zero-order valence-corrected chi connectivity index (χ0v) is 16.3. The first kappa shape index (κ1) is 18.3. The molecule has 3 aromatic rings. The highest BCUT2D eigenvalue weighted by atomic mass is 32.1. The minimum absolute atomic E-state index is 0.198. The van der Waals surface area contributed by atoms with Crippen molar-refractivity contribution in [2.45, 2.75) is 26.3 Å². The number of carbonyl (C=O) groups excluding carboxylic acids is 3. The Morgan fingerprint density at radius 2 is 1.68 bits per heavy atom. The molecule has 0 radical (unpaired) electrons. The van der Waals surface area contributed by atoms with Gasteiger partial charge in [-0.05, 0) is 30.2 Å². The van der Waals surface area contributed by atoms with Crippen LogP contribution < -0.4 is 5.32 Å². The first-order chi connectivity index (χ1) is 13.5. The summed E-state index contributed by atoms with van der Waals surface area (Å²) in [7, 11) is 0. The van der Waals surface area contributed by atoms with Crippen molar-refractivity contribution in [3.05, 3.63) is 59.7 Å². The van der Waals surface area contributed by atoms with Crippen LogP contribution >= 0.6 is 11.3 Å². The van der Waals surface area contributed by atoms with E-state index < -0.39 is 23.8 Å². The summed E-state index contributed by atoms with van der Waals surface area (Å²) in [5.41, 5.74) is 1.48. The number of nitrogens with zero attached hydrogens (tertiary/aromatic N) is 2. The molecule has 0 fully saturated rings. The third-order valence-corrected chi connectivity index (χ3v) is 6.03. The smallest absolute Gasteiger partial charge is 0.262 e. The number of hydrogen-bond donors (Lipinski definition) is 1. The van der Waals surface area contributed by atoms with Crippen LogP contribution in [0, 0.1) is 5.92 Å². The van der Waals surface area contributed by atoms with E-state index >= 15 is 0 Å². The number of fused-ring (bicyclic) bond motifs is 2. The first-order valence-electron chi connectivity index (χ1n) is 9.14. The summed E-state index contributed by atoms with van der Waals surface area (Å²) in [5, 5.41) is 3.27. The molecule has 28 heavy (non-hydrogen) atoms. The minimum atomic E-state index is -0.899. The van der Waals surface area contributed by atoms with E-state index in [1.165, 1.54) is 11.3 Å². The van der Waals surface area contributed by atoms with Gasteiger partial charge in [0.2, 0.25) is 5.91 Å². The average molecular weight is 393 g/mol. The Hall–Kier alpha value is -3.06. The summed E-state index contributed by atoms with van der Waals surface area (Å²) in [6.07, 6.45) is 0.644. The second kappa shape index (κ2) is 7.16. The number of aromatic nitrogens is 1. The summed E-state index contributed by atoms with van der Waals surface area (Å²) in [4.78, 5) is 44.4. The van der Waals surface area contributed by atoms with Gasteiger partial charge in [0.05, 0.1) is 21.3 Å². The van der Waals surface area contributed by atoms with Crippen LogP contribution in [0.3, 0.4) is 0 Å². The third kappa shape index (κ3) is 2.97. The van der Waals surface area contributed by atoms with Crippen molar-refractivity contribution in [3.8, 4) is 0 Å². The van der Waals surface area contributed by atoms with Crippen molar-refractivity contribution >= 4 is 44.4 Å². The quantitative estimate of drug-likeness (QED) is 0.666. The fourth-order valence-corrected chi connectivity index (χ4v) is 4.29. The first-order valence-corrected chi connectivity index (χ1v) is 9.96. The van der Waals surface area contributed by atoms with Crippen molar-refractivity contribution in [2.24, 2.45) is 5.92 Å². The van der Waals surface area contributed by atoms with Crippen LogP contribution in [0.1, 0.15) is 41.0 Å². The second-order valence-corrected chi connectivity index (χ2v) is 7.86. The van der Waals surface area contributed by atoms with Gasteiger partial charge in [0.25, 0.3) is 11.8 Å². The molecular weight excluding hydrogens is 374 g/mol. The molecule has 1 aliphatic heterocycles. The number of carbonyl (C=O) groups is 3. The predicted octanol–water partition coefficient (Wildman–Crippen LogP) is 3.95. The maximum atomic E-state index is 13.1. The lowest BCUT2D eigenvalue weighted by Gasteiger charge is -2.29. The molecule has 2 heterocycles. The number of imide groups is 1. The Morgan fingerprint density at radius 3 is 2.29 bits per heavy atom. The van der Waals surface area contributed by atoms with Crippen molar-refractivity contribution in [2.75, 3.05) is 5.32 Å². The van der Waals surface area contributed by atoms with Gasteiger partial charge in [-0.1, -0.05) is 55.9 Å². The van der Waals surface area contributed by atoms with E-state index in [1.807, 2.05) is 38.1 Å². The number of hydrogen-bond acceptors (Lipinski definition) is 5. The van der Waals surface area contributed by atoms with E-state index in [2.05, 4.69) is 10.3 Å². The van der Waals surface area contributed by atoms with E-state index in [-0.39, 0.29) is 5.92 Å². The number of amides is 3. The molecule has 1 aliphatic rings. The molecule has 4 rings (SSSR count). The van der Waals surface area contributed by atoms with E-state index in [0.29, 0.717) is 22.7 Å². The number of thiazole rings is 1. The van der Waals surface area contributed by atoms with Crippen molar-refractivity contribution < 1.29 is 14.4 Å². The third-order valence-electron chi connectivity index (χ3n) is 5.08. The summed E-state index contributed by atoms with van der Waals surface area (Å²) in [5.74, 6) is -1.45. The van der Waals surface area contributed by atoms with Gasteiger partial charge in [0.1, 0.15) is 6.04 Å². The largest absolute Gasteiger partial charge is 0.300 e. The molecular formula is C21H19N3O3S. The number of nitrogens with one attached hydrogen (secondary N) is 1. The molecule has 0 unspecified atom stereocenters. The minimum Gasteiger partial charge on any atom is -0.300 e. The van der Waals surface area contributed by atoms with E-state index in [1.54, 1.807) is 24.3 Å². The van der Waals surface area contributed by atoms with Crippen molar-refractivity contribution in [1.82, 2.24) is 9.88 Å². The molecule has 6 nitrogen and oxygen atoms in total. The van der Waals surface area contributed by atoms with Gasteiger partial charge in [0.15, 0.2) is 5.13 Å². The fourth-order valence-electron chi connectivity index (χ4n) is 3.42. The number of para-hydroxylation sites is 1. The van der Waals surface area contributed by atoms with Gasteiger partial charge in [-0.15, -0.1) is 0 Å². The van der Waals surface area contributed by atoms with Crippen LogP contribution in [0.25, 0.3) is 10.2 Å². The van der Waals surface area contributed by atoms with Crippen LogP contribution in [0.5, 0.6) is 0 Å². The number of benzene rings is 2. The normalized spacial score (nSPS) is 15.6. The molecule has 0 bridgehead atoms. The van der Waals surface area contributed by atoms with Crippen LogP contribution in [-0.4, -0.2) is 33.6 Å². The lowest BCUT2D eigenvalue weighted by atomic mass is 9.96. The molecule has 2 atom stereocenters. The monoisotopic (exact) mass is 393 g/mol. The fraction of sp³-hybridized carbons (Fsp3) is 0.238. The van der Waals surface area contributed by atoms with Gasteiger partial charge in [-0.25, -0.2) is 4.98 Å². The van der Waals surface area contributed by atoms with Crippen LogP contribution in [-0.2, 0) is 4.79 Å². The molecule has 1 aromatic heterocycles. The highest BCUT2D eigenvalue weighted by Gasteiger charge is 2.44. The second-order valence-electron chi connectivity index (χ2n) is 6.83. The highest BCUT2D eigenvalue weighted by Crippen LogP contribution is 2.30. The lowest BCUT2D eigenvalue weighted by Crippen LogP contribution is -2.50. The Morgan fingerprint density at radius 1 is 1.07 bits per heavy atom. The topological polar surface area (TPSA) is 79.4 Å². The molecule has 0 spiro atoms. The zero-order valence-electron chi connectivity index (χ0n) is 15.5. The lowest BCUT2D eigenvalue weighted by molar-refractivity contribution is -0.121. The molecule has 142 valence electrons. The van der Waals surface area contributed by atoms with Gasteiger partial charge in [-0.3, -0.25) is 19.3 Å². The highest BCUT2D eigenvalue weighted by molar-refractivity contribution is 7.22. The number of anilines is 1. The Balaban J connectivity index is 1.66. The van der Waals surface area contributed by atoms with Crippen LogP contribution in [0.2, 0.25) is 0 Å². The van der Waals surface area contributed by atoms with E-state index in [9.17, 15) is 14.4 Å². The molecule has 0 aliphatic carbocycles. The van der Waals surface area contributed by atoms with Gasteiger partial charge in [-0.2, -0.15) is 0 Å². The Bertz CT molecular complexity index is 1020. The maximum absolute atomic E-state index is 13.1. The Labute approximate surface area is 166 Å². The van der Waals surface area contributed by atoms with Gasteiger partial charge in [0, 0.05) is 0 Å². The average Bonchev–Trinajstić information content (AvgIpc) is 3.22. The SMILES string of the molecule is CC[C@@H](C)[C@@H](C(=O)Nc1nc2ccccc2s1)N1C(=O)c2ccccc2C1=O. The molecule has 7 heteroatoms. The van der Waals surface area contributed by atoms with Crippen LogP contribution in [0.4, 0.5) is 5.13 Å². The van der Waals surface area contributed by atoms with Crippen molar-refractivity contribution in [3.63, 3.8) is 0 Å².